The second-order valence-corrected chi connectivity index (χ2v) is 9.38. The van der Waals surface area contributed by atoms with Crippen molar-refractivity contribution in [1.29, 1.82) is 0 Å². The molecular weight excluding hydrogens is 378 g/mol. The Hall–Kier alpha value is -2.46. The number of nitrogens with zero attached hydrogens (tertiary/aromatic N) is 4. The van der Waals surface area contributed by atoms with Gasteiger partial charge in [-0.1, -0.05) is 29.5 Å². The average Bonchev–Trinajstić information content (AvgIpc) is 3.26. The topological polar surface area (TPSA) is 130 Å². The quantitative estimate of drug-likeness (QED) is 0.588. The van der Waals surface area contributed by atoms with Crippen LogP contribution in [0, 0.1) is 0 Å². The van der Waals surface area contributed by atoms with Crippen molar-refractivity contribution in [3.8, 4) is 0 Å². The lowest BCUT2D eigenvalue weighted by atomic mass is 9.95. The first-order valence-corrected chi connectivity index (χ1v) is 10.1. The van der Waals surface area contributed by atoms with Crippen LogP contribution < -0.4 is 11.1 Å². The fourth-order valence-corrected chi connectivity index (χ4v) is 5.48. The van der Waals surface area contributed by atoms with Gasteiger partial charge in [-0.3, -0.25) is 9.59 Å². The van der Waals surface area contributed by atoms with Crippen molar-refractivity contribution in [2.45, 2.75) is 48.9 Å². The lowest BCUT2D eigenvalue weighted by molar-refractivity contribution is -0.151. The molecule has 1 aromatic heterocycles. The van der Waals surface area contributed by atoms with E-state index in [4.69, 9.17) is 5.73 Å². The maximum atomic E-state index is 12.7. The maximum Gasteiger partial charge on any atom is 0.249 e. The molecule has 2 unspecified atom stereocenters. The summed E-state index contributed by atoms with van der Waals surface area (Å²) in [4.78, 5) is 27.0. The molecule has 2 aromatic rings. The number of thioether (sulfide) groups is 1. The third-order valence-electron chi connectivity index (χ3n) is 5.18. The Labute approximate surface area is 166 Å². The van der Waals surface area contributed by atoms with E-state index >= 15 is 0 Å². The van der Waals surface area contributed by atoms with Crippen LogP contribution >= 0.6 is 11.8 Å². The number of amides is 2. The van der Waals surface area contributed by atoms with E-state index in [2.05, 4.69) is 25.9 Å². The largest absolute Gasteiger partial charge is 0.341 e. The molecule has 0 saturated carbocycles. The number of H-pyrrole nitrogens is 1. The van der Waals surface area contributed by atoms with Crippen LogP contribution in [0.4, 0.5) is 0 Å². The van der Waals surface area contributed by atoms with Crippen LogP contribution in [0.2, 0.25) is 0 Å². The molecule has 0 radical (unpaired) electrons. The second kappa shape index (κ2) is 7.17. The van der Waals surface area contributed by atoms with E-state index in [-0.39, 0.29) is 34.4 Å². The van der Waals surface area contributed by atoms with Gasteiger partial charge in [0.15, 0.2) is 5.82 Å². The van der Waals surface area contributed by atoms with Crippen molar-refractivity contribution >= 4 is 23.6 Å². The Morgan fingerprint density at radius 3 is 2.68 bits per heavy atom. The molecule has 2 amide bonds. The van der Waals surface area contributed by atoms with Crippen LogP contribution in [0.3, 0.4) is 0 Å². The molecule has 4 N–H and O–H groups in total. The van der Waals surface area contributed by atoms with Crippen LogP contribution in [0.1, 0.15) is 36.8 Å². The van der Waals surface area contributed by atoms with Crippen molar-refractivity contribution < 1.29 is 9.59 Å². The molecule has 3 atom stereocenters. The van der Waals surface area contributed by atoms with Crippen LogP contribution in [0.15, 0.2) is 24.3 Å². The Bertz CT molecular complexity index is 869. The minimum absolute atomic E-state index is 0.107. The fraction of sp³-hybridized carbons (Fsp3) is 0.500. The van der Waals surface area contributed by atoms with Gasteiger partial charge >= 0.3 is 0 Å². The number of benzene rings is 1. The predicted molar refractivity (Wildman–Crippen MR) is 104 cm³/mol. The third-order valence-corrected chi connectivity index (χ3v) is 6.76. The molecule has 2 fully saturated rings. The molecular formula is C18H23N7O2S. The first-order valence-electron chi connectivity index (χ1n) is 9.21. The molecule has 9 nitrogen and oxygen atoms in total. The number of aromatic amines is 1. The Kier molecular flexibility index (Phi) is 4.84. The van der Waals surface area contributed by atoms with Gasteiger partial charge in [0, 0.05) is 4.75 Å². The highest BCUT2D eigenvalue weighted by molar-refractivity contribution is 8.01. The van der Waals surface area contributed by atoms with Gasteiger partial charge in [-0.05, 0) is 37.9 Å². The van der Waals surface area contributed by atoms with Gasteiger partial charge in [-0.2, -0.15) is 5.21 Å². The van der Waals surface area contributed by atoms with Gasteiger partial charge in [-0.15, -0.1) is 22.0 Å². The molecule has 0 aliphatic carbocycles. The van der Waals surface area contributed by atoms with E-state index < -0.39 is 6.04 Å². The van der Waals surface area contributed by atoms with Crippen molar-refractivity contribution in [3.63, 3.8) is 0 Å². The monoisotopic (exact) mass is 401 g/mol. The summed E-state index contributed by atoms with van der Waals surface area (Å²) in [5, 5.41) is 16.9. The summed E-state index contributed by atoms with van der Waals surface area (Å²) < 4.78 is -0.275. The van der Waals surface area contributed by atoms with Gasteiger partial charge in [0.1, 0.15) is 17.5 Å². The highest BCUT2D eigenvalue weighted by Crippen LogP contribution is 2.56. The average molecular weight is 401 g/mol. The van der Waals surface area contributed by atoms with E-state index in [1.165, 1.54) is 0 Å². The summed E-state index contributed by atoms with van der Waals surface area (Å²) >= 11 is 1.65. The fourth-order valence-electron chi connectivity index (χ4n) is 3.85. The molecule has 0 spiro atoms. The number of carbonyl (C=O) groups excluding carboxylic acids is 2. The first-order chi connectivity index (χ1) is 13.4. The normalized spacial score (nSPS) is 25.3. The first kappa shape index (κ1) is 18.9. The van der Waals surface area contributed by atoms with E-state index in [1.807, 2.05) is 38.1 Å². The molecule has 148 valence electrons. The number of hydrogen-bond donors (Lipinski definition) is 3. The van der Waals surface area contributed by atoms with Gasteiger partial charge in [0.2, 0.25) is 11.8 Å². The van der Waals surface area contributed by atoms with E-state index in [1.54, 1.807) is 16.7 Å². The minimum Gasteiger partial charge on any atom is -0.341 e. The summed E-state index contributed by atoms with van der Waals surface area (Å²) in [7, 11) is 0. The number of β-lactam (4-membered cyclic amide) rings is 1. The molecule has 1 aromatic carbocycles. The van der Waals surface area contributed by atoms with Crippen molar-refractivity contribution in [2.75, 3.05) is 6.54 Å². The van der Waals surface area contributed by atoms with Crippen LogP contribution in [0.5, 0.6) is 0 Å². The number of rotatable bonds is 6. The molecule has 2 aliphatic rings. The van der Waals surface area contributed by atoms with E-state index in [9.17, 15) is 9.59 Å². The molecule has 28 heavy (non-hydrogen) atoms. The molecule has 2 saturated heterocycles. The number of nitrogens with two attached hydrogens (primary N) is 1. The highest BCUT2D eigenvalue weighted by Gasteiger charge is 2.63. The van der Waals surface area contributed by atoms with Crippen molar-refractivity contribution in [2.24, 2.45) is 5.73 Å². The van der Waals surface area contributed by atoms with Crippen LogP contribution in [0.25, 0.3) is 0 Å². The number of hydrogen-bond acceptors (Lipinski definition) is 7. The smallest absolute Gasteiger partial charge is 0.249 e. The van der Waals surface area contributed by atoms with Gasteiger partial charge in [0.25, 0.3) is 0 Å². The number of tetrazole rings is 1. The Balaban J connectivity index is 1.40. The molecule has 0 bridgehead atoms. The number of aromatic nitrogens is 4. The summed E-state index contributed by atoms with van der Waals surface area (Å²) in [6.45, 7) is 4.69. The molecule has 4 rings (SSSR count). The summed E-state index contributed by atoms with van der Waals surface area (Å²) in [6, 6.07) is 7.04. The lowest BCUT2D eigenvalue weighted by Gasteiger charge is -2.44. The lowest BCUT2D eigenvalue weighted by Crippen LogP contribution is -2.68. The zero-order valence-corrected chi connectivity index (χ0v) is 16.6. The second-order valence-electron chi connectivity index (χ2n) is 7.61. The maximum absolute atomic E-state index is 12.7. The minimum atomic E-state index is -0.523. The Morgan fingerprint density at radius 1 is 1.32 bits per heavy atom. The van der Waals surface area contributed by atoms with Crippen molar-refractivity contribution in [1.82, 2.24) is 30.8 Å². The van der Waals surface area contributed by atoms with Crippen LogP contribution in [-0.4, -0.2) is 60.0 Å². The standard InChI is InChI=1S/C18H23N7O2S/c1-18(2)14(15-21-23-24-22-15)25-16(27)13(17(25)28-18)20-12(26)9-11-5-3-10(4-6-11)7-8-19/h3-6,13-14,17H,7-9,19H2,1-2H3,(H,20,26)(H,21,22,23,24)/t13?,14?,17-/m0/s1. The van der Waals surface area contributed by atoms with E-state index in [0.717, 1.165) is 17.5 Å². The number of fused-ring (bicyclic) bond motifs is 1. The molecule has 3 heterocycles. The molecule has 10 heteroatoms. The summed E-state index contributed by atoms with van der Waals surface area (Å²) in [5.74, 6) is 0.228. The summed E-state index contributed by atoms with van der Waals surface area (Å²) in [6.07, 6.45) is 1.05. The molecule has 2 aliphatic heterocycles. The zero-order valence-electron chi connectivity index (χ0n) is 15.8. The van der Waals surface area contributed by atoms with Gasteiger partial charge < -0.3 is 16.0 Å². The Morgan fingerprint density at radius 2 is 2.04 bits per heavy atom. The SMILES string of the molecule is CC1(C)S[C@H]2C(NC(=O)Cc3ccc(CCN)cc3)C(=O)N2C1c1nn[nH]n1. The van der Waals surface area contributed by atoms with Crippen LogP contribution in [-0.2, 0) is 22.4 Å². The highest BCUT2D eigenvalue weighted by atomic mass is 32.2. The summed E-state index contributed by atoms with van der Waals surface area (Å²) in [5.41, 5.74) is 7.61. The van der Waals surface area contributed by atoms with Crippen molar-refractivity contribution in [3.05, 3.63) is 41.2 Å². The van der Waals surface area contributed by atoms with Gasteiger partial charge in [-0.25, -0.2) is 0 Å². The predicted octanol–water partition coefficient (Wildman–Crippen LogP) is 0.163. The number of nitrogens with one attached hydrogen (secondary N) is 2. The van der Waals surface area contributed by atoms with E-state index in [0.29, 0.717) is 12.4 Å². The zero-order chi connectivity index (χ0) is 19.9. The number of carbonyl (C=O) groups is 2. The van der Waals surface area contributed by atoms with Gasteiger partial charge in [0.05, 0.1) is 6.42 Å². The third kappa shape index (κ3) is 3.26.